The van der Waals surface area contributed by atoms with Crippen molar-refractivity contribution >= 4 is 11.6 Å². The standard InChI is InChI=1S/C19H20N4O2/c1-13-19(25,15-5-8-17(22-12-15)18(24)21-2)9-10-23(13)16-6-3-14(11-20)4-7-16/h3-8,12-13,25H,9-10H2,1-2H3,(H,21,24)/t13-,19-/m0/s1. The number of carbonyl (C=O) groups is 1. The number of aliphatic hydroxyl groups is 1. The van der Waals surface area contributed by atoms with Crippen molar-refractivity contribution in [2.24, 2.45) is 0 Å². The van der Waals surface area contributed by atoms with Crippen molar-refractivity contribution in [2.75, 3.05) is 18.5 Å². The first-order chi connectivity index (χ1) is 12.0. The molecule has 25 heavy (non-hydrogen) atoms. The number of hydrogen-bond donors (Lipinski definition) is 2. The highest BCUT2D eigenvalue weighted by Gasteiger charge is 2.45. The lowest BCUT2D eigenvalue weighted by molar-refractivity contribution is 0.0326. The first kappa shape index (κ1) is 16.9. The molecule has 1 fully saturated rings. The van der Waals surface area contributed by atoms with Gasteiger partial charge >= 0.3 is 0 Å². The van der Waals surface area contributed by atoms with Gasteiger partial charge in [0.25, 0.3) is 5.91 Å². The lowest BCUT2D eigenvalue weighted by atomic mass is 9.88. The van der Waals surface area contributed by atoms with Crippen molar-refractivity contribution in [3.8, 4) is 6.07 Å². The van der Waals surface area contributed by atoms with Gasteiger partial charge in [0, 0.05) is 31.0 Å². The van der Waals surface area contributed by atoms with Gasteiger partial charge in [-0.25, -0.2) is 0 Å². The normalized spacial score (nSPS) is 22.5. The van der Waals surface area contributed by atoms with Crippen molar-refractivity contribution in [2.45, 2.75) is 25.0 Å². The van der Waals surface area contributed by atoms with Crippen LogP contribution in [0.15, 0.2) is 42.6 Å². The smallest absolute Gasteiger partial charge is 0.269 e. The molecule has 1 aromatic heterocycles. The molecule has 6 nitrogen and oxygen atoms in total. The summed E-state index contributed by atoms with van der Waals surface area (Å²) >= 11 is 0. The molecule has 0 bridgehead atoms. The lowest BCUT2D eigenvalue weighted by Gasteiger charge is -2.32. The lowest BCUT2D eigenvalue weighted by Crippen LogP contribution is -2.40. The fourth-order valence-corrected chi connectivity index (χ4v) is 3.33. The predicted molar refractivity (Wildman–Crippen MR) is 94.1 cm³/mol. The third-order valence-electron chi connectivity index (χ3n) is 4.94. The van der Waals surface area contributed by atoms with E-state index in [9.17, 15) is 9.90 Å². The van der Waals surface area contributed by atoms with E-state index < -0.39 is 5.60 Å². The molecule has 2 heterocycles. The van der Waals surface area contributed by atoms with E-state index in [-0.39, 0.29) is 11.9 Å². The zero-order valence-electron chi connectivity index (χ0n) is 14.2. The fraction of sp³-hybridized carbons (Fsp3) is 0.316. The van der Waals surface area contributed by atoms with Crippen LogP contribution in [0, 0.1) is 11.3 Å². The summed E-state index contributed by atoms with van der Waals surface area (Å²) in [5, 5.41) is 22.7. The number of anilines is 1. The largest absolute Gasteiger partial charge is 0.383 e. The summed E-state index contributed by atoms with van der Waals surface area (Å²) in [4.78, 5) is 17.9. The zero-order valence-corrected chi connectivity index (χ0v) is 14.2. The number of rotatable bonds is 3. The summed E-state index contributed by atoms with van der Waals surface area (Å²) in [6, 6.07) is 12.7. The van der Waals surface area contributed by atoms with Gasteiger partial charge in [0.15, 0.2) is 0 Å². The minimum absolute atomic E-state index is 0.159. The molecule has 1 aliphatic rings. The van der Waals surface area contributed by atoms with Crippen molar-refractivity contribution in [1.82, 2.24) is 10.3 Å². The molecule has 128 valence electrons. The van der Waals surface area contributed by atoms with E-state index in [0.29, 0.717) is 29.8 Å². The zero-order chi connectivity index (χ0) is 18.0. The van der Waals surface area contributed by atoms with Gasteiger partial charge in [0.2, 0.25) is 0 Å². The highest BCUT2D eigenvalue weighted by Crippen LogP contribution is 2.39. The molecule has 0 saturated carbocycles. The molecule has 2 atom stereocenters. The third kappa shape index (κ3) is 2.94. The van der Waals surface area contributed by atoms with Crippen molar-refractivity contribution in [3.05, 3.63) is 59.4 Å². The average molecular weight is 336 g/mol. The summed E-state index contributed by atoms with van der Waals surface area (Å²) in [6.07, 6.45) is 2.14. The van der Waals surface area contributed by atoms with Gasteiger partial charge in [-0.3, -0.25) is 9.78 Å². The van der Waals surface area contributed by atoms with E-state index in [0.717, 1.165) is 5.69 Å². The van der Waals surface area contributed by atoms with Crippen molar-refractivity contribution < 1.29 is 9.90 Å². The SMILES string of the molecule is CNC(=O)c1ccc([C@]2(O)CCN(c3ccc(C#N)cc3)[C@H]2C)cn1. The van der Waals surface area contributed by atoms with Gasteiger partial charge in [-0.05, 0) is 43.7 Å². The molecule has 2 aromatic rings. The Morgan fingerprint density at radius 1 is 1.36 bits per heavy atom. The second-order valence-electron chi connectivity index (χ2n) is 6.21. The van der Waals surface area contributed by atoms with Crippen molar-refractivity contribution in [3.63, 3.8) is 0 Å². The van der Waals surface area contributed by atoms with Crippen LogP contribution >= 0.6 is 0 Å². The molecular weight excluding hydrogens is 316 g/mol. The molecule has 6 heteroatoms. The average Bonchev–Trinajstić information content (AvgIpc) is 2.97. The van der Waals surface area contributed by atoms with Gasteiger partial charge in [0.05, 0.1) is 17.7 Å². The number of carbonyl (C=O) groups excluding carboxylic acids is 1. The number of pyridine rings is 1. The van der Waals surface area contributed by atoms with Crippen LogP contribution < -0.4 is 10.2 Å². The highest BCUT2D eigenvalue weighted by atomic mass is 16.3. The quantitative estimate of drug-likeness (QED) is 0.892. The molecule has 0 radical (unpaired) electrons. The van der Waals surface area contributed by atoms with E-state index in [4.69, 9.17) is 5.26 Å². The van der Waals surface area contributed by atoms with E-state index in [1.165, 1.54) is 0 Å². The topological polar surface area (TPSA) is 89.2 Å². The fourth-order valence-electron chi connectivity index (χ4n) is 3.33. The molecule has 1 saturated heterocycles. The Balaban J connectivity index is 1.85. The molecule has 1 amide bonds. The summed E-state index contributed by atoms with van der Waals surface area (Å²) in [5.74, 6) is -0.253. The predicted octanol–water partition coefficient (Wildman–Crippen LogP) is 1.80. The summed E-state index contributed by atoms with van der Waals surface area (Å²) < 4.78 is 0. The molecule has 3 rings (SSSR count). The maximum absolute atomic E-state index is 11.6. The Bertz CT molecular complexity index is 811. The number of nitrogens with one attached hydrogen (secondary N) is 1. The first-order valence-electron chi connectivity index (χ1n) is 8.17. The number of nitrogens with zero attached hydrogens (tertiary/aromatic N) is 3. The highest BCUT2D eigenvalue weighted by molar-refractivity contribution is 5.91. The van der Waals surface area contributed by atoms with Crippen LogP contribution in [0.1, 0.15) is 35.0 Å². The van der Waals surface area contributed by atoms with Gasteiger partial charge < -0.3 is 15.3 Å². The van der Waals surface area contributed by atoms with Crippen LogP contribution in [0.5, 0.6) is 0 Å². The van der Waals surface area contributed by atoms with Crippen LogP contribution in [0.25, 0.3) is 0 Å². The molecule has 0 spiro atoms. The van der Waals surface area contributed by atoms with E-state index in [1.807, 2.05) is 19.1 Å². The van der Waals surface area contributed by atoms with Crippen LogP contribution in [0.2, 0.25) is 0 Å². The second-order valence-corrected chi connectivity index (χ2v) is 6.21. The summed E-state index contributed by atoms with van der Waals surface area (Å²) in [6.45, 7) is 2.67. The Morgan fingerprint density at radius 2 is 2.08 bits per heavy atom. The Morgan fingerprint density at radius 3 is 2.64 bits per heavy atom. The summed E-state index contributed by atoms with van der Waals surface area (Å²) in [5.41, 5.74) is 1.56. The molecule has 2 N–H and O–H groups in total. The Hall–Kier alpha value is -2.91. The Labute approximate surface area is 146 Å². The molecule has 0 aliphatic carbocycles. The van der Waals surface area contributed by atoms with Gasteiger partial charge in [0.1, 0.15) is 11.3 Å². The molecule has 1 aromatic carbocycles. The first-order valence-corrected chi connectivity index (χ1v) is 8.17. The van der Waals surface area contributed by atoms with E-state index >= 15 is 0 Å². The van der Waals surface area contributed by atoms with Crippen LogP contribution in [-0.4, -0.2) is 35.6 Å². The van der Waals surface area contributed by atoms with Gasteiger partial charge in [-0.1, -0.05) is 6.07 Å². The number of aromatic nitrogens is 1. The number of hydrogen-bond acceptors (Lipinski definition) is 5. The van der Waals surface area contributed by atoms with Crippen LogP contribution in [0.4, 0.5) is 5.69 Å². The van der Waals surface area contributed by atoms with Crippen LogP contribution in [0.3, 0.4) is 0 Å². The maximum Gasteiger partial charge on any atom is 0.269 e. The van der Waals surface area contributed by atoms with E-state index in [2.05, 4.69) is 21.3 Å². The summed E-state index contributed by atoms with van der Waals surface area (Å²) in [7, 11) is 1.56. The van der Waals surface area contributed by atoms with Gasteiger partial charge in [-0.15, -0.1) is 0 Å². The van der Waals surface area contributed by atoms with E-state index in [1.54, 1.807) is 37.5 Å². The second kappa shape index (κ2) is 6.54. The monoisotopic (exact) mass is 336 g/mol. The maximum atomic E-state index is 11.6. The Kier molecular flexibility index (Phi) is 4.43. The molecule has 1 aliphatic heterocycles. The minimum Gasteiger partial charge on any atom is -0.383 e. The number of benzene rings is 1. The van der Waals surface area contributed by atoms with Crippen LogP contribution in [-0.2, 0) is 5.60 Å². The van der Waals surface area contributed by atoms with Crippen molar-refractivity contribution in [1.29, 1.82) is 5.26 Å². The van der Waals surface area contributed by atoms with Gasteiger partial charge in [-0.2, -0.15) is 5.26 Å². The number of amides is 1. The third-order valence-corrected chi connectivity index (χ3v) is 4.94. The molecule has 0 unspecified atom stereocenters. The number of nitriles is 1. The minimum atomic E-state index is -1.04. The molecular formula is C19H20N4O2.